The Labute approximate surface area is 106 Å². The Morgan fingerprint density at radius 2 is 2.12 bits per heavy atom. The third-order valence-corrected chi connectivity index (χ3v) is 4.14. The lowest BCUT2D eigenvalue weighted by atomic mass is 10.1. The van der Waals surface area contributed by atoms with Gasteiger partial charge in [-0.2, -0.15) is 0 Å². The average Bonchev–Trinajstić information content (AvgIpc) is 2.86. The maximum Gasteiger partial charge on any atom is 0.135 e. The van der Waals surface area contributed by atoms with E-state index in [0.29, 0.717) is 5.92 Å². The lowest BCUT2D eigenvalue weighted by molar-refractivity contribution is 0.330. The van der Waals surface area contributed by atoms with Crippen molar-refractivity contribution in [3.63, 3.8) is 0 Å². The molecule has 0 aliphatic carbocycles. The van der Waals surface area contributed by atoms with E-state index in [0.717, 1.165) is 22.1 Å². The van der Waals surface area contributed by atoms with E-state index in [1.165, 1.54) is 25.9 Å². The normalized spacial score (nSPS) is 16.9. The number of nitrogens with zero attached hydrogens (tertiary/aromatic N) is 2. The number of hydrogen-bond acceptors (Lipinski definition) is 4. The number of nitrogens with two attached hydrogens (primary N) is 1. The van der Waals surface area contributed by atoms with Crippen molar-refractivity contribution in [3.05, 3.63) is 15.6 Å². The fourth-order valence-electron chi connectivity index (χ4n) is 2.16. The molecule has 2 rings (SSSR count). The van der Waals surface area contributed by atoms with Crippen molar-refractivity contribution in [1.29, 1.82) is 5.41 Å². The number of amidine groups is 1. The van der Waals surface area contributed by atoms with E-state index in [-0.39, 0.29) is 5.84 Å². The van der Waals surface area contributed by atoms with E-state index in [1.54, 1.807) is 11.3 Å². The van der Waals surface area contributed by atoms with Crippen molar-refractivity contribution in [2.75, 3.05) is 13.1 Å². The van der Waals surface area contributed by atoms with Gasteiger partial charge in [0.2, 0.25) is 0 Å². The summed E-state index contributed by atoms with van der Waals surface area (Å²) in [6.07, 6.45) is 2.59. The summed E-state index contributed by atoms with van der Waals surface area (Å²) >= 11 is 1.58. The number of likely N-dealkylation sites (tertiary alicyclic amines) is 1. The highest BCUT2D eigenvalue weighted by molar-refractivity contribution is 7.13. The Morgan fingerprint density at radius 1 is 1.47 bits per heavy atom. The van der Waals surface area contributed by atoms with Crippen LogP contribution in [0.15, 0.2) is 0 Å². The fourth-order valence-corrected chi connectivity index (χ4v) is 3.28. The van der Waals surface area contributed by atoms with Crippen LogP contribution in [0.4, 0.5) is 0 Å². The molecule has 0 atom stereocenters. The van der Waals surface area contributed by atoms with Gasteiger partial charge in [-0.25, -0.2) is 4.98 Å². The second-order valence-corrected chi connectivity index (χ2v) is 5.96. The zero-order chi connectivity index (χ0) is 12.4. The maximum atomic E-state index is 7.60. The van der Waals surface area contributed by atoms with Gasteiger partial charge < -0.3 is 5.73 Å². The van der Waals surface area contributed by atoms with Gasteiger partial charge in [0.1, 0.15) is 10.8 Å². The average molecular weight is 252 g/mol. The van der Waals surface area contributed by atoms with Crippen LogP contribution >= 0.6 is 11.3 Å². The molecule has 0 unspecified atom stereocenters. The second-order valence-electron chi connectivity index (χ2n) is 4.87. The molecular formula is C12H20N4S. The first-order valence-electron chi connectivity index (χ1n) is 6.14. The molecule has 3 N–H and O–H groups in total. The Hall–Kier alpha value is -0.940. The lowest BCUT2D eigenvalue weighted by Gasteiger charge is -2.11. The summed E-state index contributed by atoms with van der Waals surface area (Å²) in [4.78, 5) is 7.93. The third-order valence-electron chi connectivity index (χ3n) is 3.05. The molecule has 1 aliphatic rings. The van der Waals surface area contributed by atoms with Gasteiger partial charge in [-0.05, 0) is 31.8 Å². The molecule has 0 spiro atoms. The molecule has 0 saturated carbocycles. The van der Waals surface area contributed by atoms with E-state index in [9.17, 15) is 0 Å². The quantitative estimate of drug-likeness (QED) is 0.637. The van der Waals surface area contributed by atoms with Crippen LogP contribution in [-0.4, -0.2) is 28.8 Å². The molecule has 4 nitrogen and oxygen atoms in total. The van der Waals surface area contributed by atoms with Crippen molar-refractivity contribution in [3.8, 4) is 0 Å². The monoisotopic (exact) mass is 252 g/mol. The summed E-state index contributed by atoms with van der Waals surface area (Å²) in [5, 5.41) is 8.70. The number of thiazole rings is 1. The van der Waals surface area contributed by atoms with E-state index in [4.69, 9.17) is 11.1 Å². The molecule has 1 fully saturated rings. The molecule has 0 radical (unpaired) electrons. The lowest BCUT2D eigenvalue weighted by Crippen LogP contribution is -2.18. The Balaban J connectivity index is 2.17. The molecule has 5 heteroatoms. The van der Waals surface area contributed by atoms with Crippen LogP contribution in [0, 0.1) is 5.41 Å². The standard InChI is InChI=1S/C12H20N4S/c1-8(2)10-11(12(13)14)17-9(15-10)7-16-5-3-4-6-16/h8H,3-7H2,1-2H3,(H3,13,14). The Bertz CT molecular complexity index is 405. The molecular weight excluding hydrogens is 232 g/mol. The minimum atomic E-state index is 0.152. The van der Waals surface area contributed by atoms with E-state index < -0.39 is 0 Å². The zero-order valence-electron chi connectivity index (χ0n) is 10.5. The third kappa shape index (κ3) is 2.84. The Kier molecular flexibility index (Phi) is 3.79. The van der Waals surface area contributed by atoms with Crippen molar-refractivity contribution in [2.45, 2.75) is 39.2 Å². The van der Waals surface area contributed by atoms with Crippen LogP contribution in [0.3, 0.4) is 0 Å². The van der Waals surface area contributed by atoms with E-state index in [1.807, 2.05) is 0 Å². The van der Waals surface area contributed by atoms with Crippen LogP contribution in [0.1, 0.15) is 48.2 Å². The van der Waals surface area contributed by atoms with Gasteiger partial charge in [0.05, 0.1) is 17.1 Å². The van der Waals surface area contributed by atoms with Crippen LogP contribution in [-0.2, 0) is 6.54 Å². The van der Waals surface area contributed by atoms with Crippen molar-refractivity contribution in [1.82, 2.24) is 9.88 Å². The van der Waals surface area contributed by atoms with Crippen LogP contribution < -0.4 is 5.73 Å². The van der Waals surface area contributed by atoms with Gasteiger partial charge in [0, 0.05) is 0 Å². The molecule has 0 bridgehead atoms. The number of nitrogen functional groups attached to an aromatic ring is 1. The van der Waals surface area contributed by atoms with E-state index >= 15 is 0 Å². The first-order chi connectivity index (χ1) is 8.08. The van der Waals surface area contributed by atoms with Gasteiger partial charge in [-0.3, -0.25) is 10.3 Å². The molecule has 0 amide bonds. The molecule has 0 aromatic carbocycles. The molecule has 1 aliphatic heterocycles. The minimum absolute atomic E-state index is 0.152. The number of hydrogen-bond donors (Lipinski definition) is 2. The van der Waals surface area contributed by atoms with E-state index in [2.05, 4.69) is 23.7 Å². The molecule has 1 saturated heterocycles. The summed E-state index contributed by atoms with van der Waals surface area (Å²) in [7, 11) is 0. The summed E-state index contributed by atoms with van der Waals surface area (Å²) < 4.78 is 0. The topological polar surface area (TPSA) is 66.0 Å². The van der Waals surface area contributed by atoms with Gasteiger partial charge in [-0.15, -0.1) is 11.3 Å². The first kappa shape index (κ1) is 12.5. The smallest absolute Gasteiger partial charge is 0.135 e. The van der Waals surface area contributed by atoms with Crippen LogP contribution in [0.25, 0.3) is 0 Å². The molecule has 2 heterocycles. The van der Waals surface area contributed by atoms with Gasteiger partial charge in [0.15, 0.2) is 0 Å². The number of aromatic nitrogens is 1. The first-order valence-corrected chi connectivity index (χ1v) is 6.96. The van der Waals surface area contributed by atoms with Crippen LogP contribution in [0.5, 0.6) is 0 Å². The van der Waals surface area contributed by atoms with Crippen LogP contribution in [0.2, 0.25) is 0 Å². The Morgan fingerprint density at radius 3 is 2.59 bits per heavy atom. The highest BCUT2D eigenvalue weighted by Crippen LogP contribution is 2.26. The van der Waals surface area contributed by atoms with Crippen molar-refractivity contribution >= 4 is 17.2 Å². The number of nitrogens with one attached hydrogen (secondary N) is 1. The van der Waals surface area contributed by atoms with Crippen molar-refractivity contribution < 1.29 is 0 Å². The second kappa shape index (κ2) is 5.14. The molecule has 1 aromatic rings. The highest BCUT2D eigenvalue weighted by atomic mass is 32.1. The molecule has 94 valence electrons. The summed E-state index contributed by atoms with van der Waals surface area (Å²) in [6, 6.07) is 0. The van der Waals surface area contributed by atoms with Crippen molar-refractivity contribution in [2.24, 2.45) is 5.73 Å². The predicted molar refractivity (Wildman–Crippen MR) is 71.7 cm³/mol. The van der Waals surface area contributed by atoms with Gasteiger partial charge in [-0.1, -0.05) is 13.8 Å². The summed E-state index contributed by atoms with van der Waals surface area (Å²) in [6.45, 7) is 7.46. The molecule has 1 aromatic heterocycles. The number of rotatable bonds is 4. The molecule has 17 heavy (non-hydrogen) atoms. The minimum Gasteiger partial charge on any atom is -0.383 e. The zero-order valence-corrected chi connectivity index (χ0v) is 11.3. The summed E-state index contributed by atoms with van der Waals surface area (Å²) in [5.41, 5.74) is 6.60. The highest BCUT2D eigenvalue weighted by Gasteiger charge is 2.19. The summed E-state index contributed by atoms with van der Waals surface area (Å²) in [5.74, 6) is 0.483. The SMILES string of the molecule is CC(C)c1nc(CN2CCCC2)sc1C(=N)N. The maximum absolute atomic E-state index is 7.60. The predicted octanol–water partition coefficient (Wildman–Crippen LogP) is 2.15. The van der Waals surface area contributed by atoms with Gasteiger partial charge in [0.25, 0.3) is 0 Å². The van der Waals surface area contributed by atoms with Gasteiger partial charge >= 0.3 is 0 Å². The fraction of sp³-hybridized carbons (Fsp3) is 0.667. The largest absolute Gasteiger partial charge is 0.383 e.